The molecule has 0 spiro atoms. The van der Waals surface area contributed by atoms with Crippen molar-refractivity contribution in [2.75, 3.05) is 51.6 Å². The maximum absolute atomic E-state index is 12.4. The lowest BCUT2D eigenvalue weighted by Crippen LogP contribution is -2.50. The number of nitrogens with one attached hydrogen (secondary N) is 1. The third-order valence-corrected chi connectivity index (χ3v) is 7.57. The minimum atomic E-state index is -0.516. The second-order valence-electron chi connectivity index (χ2n) is 10.0. The van der Waals surface area contributed by atoms with Crippen LogP contribution >= 0.6 is 34.5 Å². The minimum Gasteiger partial charge on any atom is -0.491 e. The summed E-state index contributed by atoms with van der Waals surface area (Å²) in [6.07, 6.45) is -0.290. The number of benzene rings is 1. The van der Waals surface area contributed by atoms with Crippen LogP contribution in [-0.2, 0) is 4.74 Å². The van der Waals surface area contributed by atoms with Gasteiger partial charge in [0.05, 0.1) is 20.6 Å². The number of thiophene rings is 1. The van der Waals surface area contributed by atoms with Gasteiger partial charge in [-0.25, -0.2) is 14.8 Å². The summed E-state index contributed by atoms with van der Waals surface area (Å²) in [7, 11) is 0. The average molecular weight is 596 g/mol. The lowest BCUT2D eigenvalue weighted by molar-refractivity contribution is 0.0137. The molecule has 4 rings (SSSR count). The van der Waals surface area contributed by atoms with Gasteiger partial charge in [0.2, 0.25) is 5.95 Å². The average Bonchev–Trinajstić information content (AvgIpc) is 3.29. The highest BCUT2D eigenvalue weighted by Crippen LogP contribution is 2.40. The van der Waals surface area contributed by atoms with Gasteiger partial charge >= 0.3 is 6.09 Å². The number of nitrogens with two attached hydrogens (primary N) is 1. The van der Waals surface area contributed by atoms with Crippen molar-refractivity contribution in [1.82, 2.24) is 25.1 Å². The van der Waals surface area contributed by atoms with Gasteiger partial charge in [-0.3, -0.25) is 9.69 Å². The smallest absolute Gasteiger partial charge is 0.410 e. The molecule has 3 N–H and O–H groups in total. The predicted molar refractivity (Wildman–Crippen MR) is 155 cm³/mol. The summed E-state index contributed by atoms with van der Waals surface area (Å²) in [5, 5.41) is 4.19. The van der Waals surface area contributed by atoms with Gasteiger partial charge in [0.15, 0.2) is 0 Å². The number of hydrogen-bond acceptors (Lipinski definition) is 9. The first-order valence-corrected chi connectivity index (χ1v) is 14.2. The van der Waals surface area contributed by atoms with Gasteiger partial charge < -0.3 is 25.4 Å². The molecule has 13 heteroatoms. The Morgan fingerprint density at radius 2 is 1.82 bits per heavy atom. The Bertz CT molecular complexity index is 1370. The monoisotopic (exact) mass is 594 g/mol. The van der Waals surface area contributed by atoms with E-state index in [4.69, 9.17) is 38.4 Å². The summed E-state index contributed by atoms with van der Waals surface area (Å²) in [5.74, 6) is 0.331. The number of rotatable bonds is 7. The SMILES string of the molecule is CCNC(=O)c1cc2c(-c3cc(OCCN4CCN(C(=O)OC(C)(C)C)CC4)c(Cl)cc3Cl)nc(N)nc2s1. The molecule has 1 aliphatic rings. The molecule has 0 atom stereocenters. The molecule has 210 valence electrons. The molecule has 10 nitrogen and oxygen atoms in total. The van der Waals surface area contributed by atoms with E-state index in [-0.39, 0.29) is 17.9 Å². The van der Waals surface area contributed by atoms with Crippen LogP contribution in [0.15, 0.2) is 18.2 Å². The fourth-order valence-electron chi connectivity index (χ4n) is 4.09. The number of hydrogen-bond donors (Lipinski definition) is 2. The van der Waals surface area contributed by atoms with E-state index in [0.29, 0.717) is 88.0 Å². The number of anilines is 1. The van der Waals surface area contributed by atoms with E-state index in [1.54, 1.807) is 23.1 Å². The Kier molecular flexibility index (Phi) is 9.05. The molecule has 1 fully saturated rings. The molecule has 0 bridgehead atoms. The molecule has 1 aliphatic heterocycles. The highest BCUT2D eigenvalue weighted by Gasteiger charge is 2.26. The molecule has 0 radical (unpaired) electrons. The molecule has 2 amide bonds. The van der Waals surface area contributed by atoms with Crippen molar-refractivity contribution >= 4 is 62.7 Å². The van der Waals surface area contributed by atoms with Crippen LogP contribution in [0.2, 0.25) is 10.0 Å². The van der Waals surface area contributed by atoms with Crippen LogP contribution in [0.1, 0.15) is 37.4 Å². The van der Waals surface area contributed by atoms with E-state index in [0.717, 1.165) is 0 Å². The Balaban J connectivity index is 1.45. The first-order chi connectivity index (χ1) is 18.4. The third kappa shape index (κ3) is 7.21. The molecule has 2 aromatic heterocycles. The van der Waals surface area contributed by atoms with Gasteiger partial charge in [0.1, 0.15) is 22.8 Å². The largest absolute Gasteiger partial charge is 0.491 e. The van der Waals surface area contributed by atoms with Crippen LogP contribution in [0.4, 0.5) is 10.7 Å². The van der Waals surface area contributed by atoms with E-state index >= 15 is 0 Å². The van der Waals surface area contributed by atoms with Crippen LogP contribution < -0.4 is 15.8 Å². The first kappa shape index (κ1) is 29.1. The third-order valence-electron chi connectivity index (χ3n) is 5.94. The second-order valence-corrected chi connectivity index (χ2v) is 11.9. The predicted octanol–water partition coefficient (Wildman–Crippen LogP) is 4.93. The van der Waals surface area contributed by atoms with Crippen LogP contribution in [0.5, 0.6) is 5.75 Å². The van der Waals surface area contributed by atoms with E-state index < -0.39 is 5.60 Å². The van der Waals surface area contributed by atoms with E-state index in [9.17, 15) is 9.59 Å². The zero-order valence-corrected chi connectivity index (χ0v) is 24.7. The Labute approximate surface area is 241 Å². The molecule has 3 aromatic rings. The molecule has 3 heterocycles. The van der Waals surface area contributed by atoms with Gasteiger partial charge in [0.25, 0.3) is 5.91 Å². The number of aromatic nitrogens is 2. The second kappa shape index (κ2) is 12.1. The van der Waals surface area contributed by atoms with Crippen LogP contribution in [0.3, 0.4) is 0 Å². The van der Waals surface area contributed by atoms with Crippen molar-refractivity contribution in [3.8, 4) is 17.0 Å². The Hall–Kier alpha value is -2.86. The van der Waals surface area contributed by atoms with Gasteiger partial charge in [-0.05, 0) is 45.9 Å². The molecule has 1 saturated heterocycles. The number of fused-ring (bicyclic) bond motifs is 1. The fraction of sp³-hybridized carbons (Fsp3) is 0.462. The van der Waals surface area contributed by atoms with Crippen LogP contribution in [0, 0.1) is 0 Å². The summed E-state index contributed by atoms with van der Waals surface area (Å²) in [4.78, 5) is 38.4. The molecular weight excluding hydrogens is 563 g/mol. The number of carbonyl (C=O) groups excluding carboxylic acids is 2. The molecule has 0 unspecified atom stereocenters. The van der Waals surface area contributed by atoms with Crippen LogP contribution in [0.25, 0.3) is 21.5 Å². The highest BCUT2D eigenvalue weighted by atomic mass is 35.5. The zero-order chi connectivity index (χ0) is 28.3. The molecule has 1 aromatic carbocycles. The van der Waals surface area contributed by atoms with Crippen molar-refractivity contribution in [3.05, 3.63) is 33.1 Å². The standard InChI is InChI=1S/C26H32Cl2N6O4S/c1-5-30-22(35)20-13-16-21(31-24(29)32-23(16)39-20)15-12-19(18(28)14-17(15)27)37-11-10-33-6-8-34(9-7-33)25(36)38-26(2,3)4/h12-14H,5-11H2,1-4H3,(H,30,35)(H2,29,31,32). The lowest BCUT2D eigenvalue weighted by atomic mass is 10.1. The summed E-state index contributed by atoms with van der Waals surface area (Å²) in [6, 6.07) is 5.08. The summed E-state index contributed by atoms with van der Waals surface area (Å²) < 4.78 is 11.5. The molecule has 0 aliphatic carbocycles. The number of nitrogen functional groups attached to an aromatic ring is 1. The fourth-order valence-corrected chi connectivity index (χ4v) is 5.57. The zero-order valence-electron chi connectivity index (χ0n) is 22.3. The number of piperazine rings is 1. The topological polar surface area (TPSA) is 123 Å². The van der Waals surface area contributed by atoms with Gasteiger partial charge in [-0.15, -0.1) is 11.3 Å². The molecule has 39 heavy (non-hydrogen) atoms. The van der Waals surface area contributed by atoms with Gasteiger partial charge in [0, 0.05) is 50.2 Å². The summed E-state index contributed by atoms with van der Waals surface area (Å²) >= 11 is 14.3. The quantitative estimate of drug-likeness (QED) is 0.395. The first-order valence-electron chi connectivity index (χ1n) is 12.6. The molecule has 0 saturated carbocycles. The minimum absolute atomic E-state index is 0.0702. The van der Waals surface area contributed by atoms with Gasteiger partial charge in [-0.1, -0.05) is 23.2 Å². The van der Waals surface area contributed by atoms with Crippen LogP contribution in [-0.4, -0.2) is 83.2 Å². The summed E-state index contributed by atoms with van der Waals surface area (Å²) in [6.45, 7) is 11.6. The number of carbonyl (C=O) groups is 2. The van der Waals surface area contributed by atoms with E-state index in [1.165, 1.54) is 11.3 Å². The number of amides is 2. The van der Waals surface area contributed by atoms with Crippen molar-refractivity contribution in [2.45, 2.75) is 33.3 Å². The Morgan fingerprint density at radius 1 is 1.10 bits per heavy atom. The maximum atomic E-state index is 12.4. The number of halogens is 2. The number of nitrogens with zero attached hydrogens (tertiary/aromatic N) is 4. The highest BCUT2D eigenvalue weighted by molar-refractivity contribution is 7.20. The maximum Gasteiger partial charge on any atom is 0.410 e. The van der Waals surface area contributed by atoms with Crippen molar-refractivity contribution in [2.24, 2.45) is 0 Å². The van der Waals surface area contributed by atoms with Gasteiger partial charge in [-0.2, -0.15) is 0 Å². The van der Waals surface area contributed by atoms with E-state index in [1.807, 2.05) is 27.7 Å². The normalized spacial score (nSPS) is 14.5. The molecular formula is C26H32Cl2N6O4S. The van der Waals surface area contributed by atoms with Crippen molar-refractivity contribution < 1.29 is 19.1 Å². The lowest BCUT2D eigenvalue weighted by Gasteiger charge is -2.35. The van der Waals surface area contributed by atoms with Crippen molar-refractivity contribution in [1.29, 1.82) is 0 Å². The van der Waals surface area contributed by atoms with Crippen molar-refractivity contribution in [3.63, 3.8) is 0 Å². The Morgan fingerprint density at radius 3 is 2.49 bits per heavy atom. The number of ether oxygens (including phenoxy) is 2. The summed E-state index contributed by atoms with van der Waals surface area (Å²) in [5.41, 5.74) is 6.54. The van der Waals surface area contributed by atoms with E-state index in [2.05, 4.69) is 20.2 Å².